The van der Waals surface area contributed by atoms with Gasteiger partial charge in [0.1, 0.15) is 26.6 Å². The molecule has 0 spiro atoms. The van der Waals surface area contributed by atoms with Gasteiger partial charge in [0.2, 0.25) is 0 Å². The van der Waals surface area contributed by atoms with Gasteiger partial charge in [-0.25, -0.2) is 14.7 Å². The third kappa shape index (κ3) is 1.72. The highest BCUT2D eigenvalue weighted by Gasteiger charge is 2.47. The van der Waals surface area contributed by atoms with Crippen LogP contribution in [0.5, 0.6) is 0 Å². The SMILES string of the molecule is CC(C)=CC[N+]12CN3CN(CN(C3)C1)C2. The Hall–Kier alpha value is -0.420. The third-order valence-corrected chi connectivity index (χ3v) is 3.59. The molecule has 4 aliphatic rings. The Kier molecular flexibility index (Phi) is 2.14. The lowest BCUT2D eigenvalue weighted by Crippen LogP contribution is -2.79. The Bertz CT molecular complexity index is 258. The zero-order chi connectivity index (χ0) is 10.5. The average molecular weight is 209 g/mol. The van der Waals surface area contributed by atoms with Gasteiger partial charge in [0.05, 0.1) is 20.0 Å². The summed E-state index contributed by atoms with van der Waals surface area (Å²) in [5.74, 6) is 0. The van der Waals surface area contributed by atoms with Crippen molar-refractivity contribution >= 4 is 0 Å². The van der Waals surface area contributed by atoms with Gasteiger partial charge in [0.25, 0.3) is 0 Å². The molecule has 84 valence electrons. The molecule has 0 radical (unpaired) electrons. The fourth-order valence-corrected chi connectivity index (χ4v) is 3.21. The van der Waals surface area contributed by atoms with Crippen molar-refractivity contribution in [2.24, 2.45) is 0 Å². The monoisotopic (exact) mass is 209 g/mol. The van der Waals surface area contributed by atoms with E-state index in [1.165, 1.54) is 56.6 Å². The maximum atomic E-state index is 2.56. The molecule has 4 heteroatoms. The minimum absolute atomic E-state index is 1.19. The molecule has 15 heavy (non-hydrogen) atoms. The van der Waals surface area contributed by atoms with E-state index >= 15 is 0 Å². The summed E-state index contributed by atoms with van der Waals surface area (Å²) in [6, 6.07) is 0. The molecule has 4 aliphatic heterocycles. The molecule has 4 bridgehead atoms. The summed E-state index contributed by atoms with van der Waals surface area (Å²) < 4.78 is 1.23. The molecule has 4 fully saturated rings. The molecular formula is C11H21N4+. The van der Waals surface area contributed by atoms with E-state index < -0.39 is 0 Å². The molecule has 4 heterocycles. The van der Waals surface area contributed by atoms with E-state index in [9.17, 15) is 0 Å². The summed E-state index contributed by atoms with van der Waals surface area (Å²) in [4.78, 5) is 7.69. The molecule has 0 atom stereocenters. The largest absolute Gasteiger partial charge is 0.283 e. The lowest BCUT2D eigenvalue weighted by atomic mass is 10.2. The molecule has 0 saturated carbocycles. The van der Waals surface area contributed by atoms with Crippen molar-refractivity contribution in [1.29, 1.82) is 0 Å². The van der Waals surface area contributed by atoms with E-state index in [1.54, 1.807) is 0 Å². The summed E-state index contributed by atoms with van der Waals surface area (Å²) >= 11 is 0. The van der Waals surface area contributed by atoms with Crippen LogP contribution >= 0.6 is 0 Å². The van der Waals surface area contributed by atoms with Gasteiger partial charge in [-0.3, -0.25) is 4.48 Å². The van der Waals surface area contributed by atoms with Crippen LogP contribution in [-0.4, -0.2) is 65.7 Å². The van der Waals surface area contributed by atoms with E-state index in [1.807, 2.05) is 0 Å². The zero-order valence-corrected chi connectivity index (χ0v) is 9.82. The van der Waals surface area contributed by atoms with Crippen LogP contribution in [0.4, 0.5) is 0 Å². The fourth-order valence-electron chi connectivity index (χ4n) is 3.21. The normalized spacial score (nSPS) is 46.9. The van der Waals surface area contributed by atoms with Crippen molar-refractivity contribution in [3.05, 3.63) is 11.6 Å². The van der Waals surface area contributed by atoms with Crippen LogP contribution in [-0.2, 0) is 0 Å². The molecule has 4 saturated heterocycles. The molecule has 0 aromatic carbocycles. The maximum Gasteiger partial charge on any atom is 0.139 e. The molecule has 0 aliphatic carbocycles. The summed E-state index contributed by atoms with van der Waals surface area (Å²) in [6.07, 6.45) is 2.40. The highest BCUT2D eigenvalue weighted by atomic mass is 15.7. The second-order valence-electron chi connectivity index (χ2n) is 5.67. The van der Waals surface area contributed by atoms with E-state index in [0.29, 0.717) is 0 Å². The Balaban J connectivity index is 1.78. The first-order chi connectivity index (χ1) is 7.15. The van der Waals surface area contributed by atoms with Crippen molar-refractivity contribution in [2.75, 3.05) is 46.6 Å². The second-order valence-corrected chi connectivity index (χ2v) is 5.67. The third-order valence-electron chi connectivity index (χ3n) is 3.59. The zero-order valence-electron chi connectivity index (χ0n) is 9.82. The van der Waals surface area contributed by atoms with Gasteiger partial charge in [-0.15, -0.1) is 0 Å². The Morgan fingerprint density at radius 2 is 1.47 bits per heavy atom. The molecule has 0 N–H and O–H groups in total. The van der Waals surface area contributed by atoms with E-state index in [-0.39, 0.29) is 0 Å². The van der Waals surface area contributed by atoms with Crippen LogP contribution < -0.4 is 0 Å². The summed E-state index contributed by atoms with van der Waals surface area (Å²) in [5.41, 5.74) is 1.45. The van der Waals surface area contributed by atoms with Crippen molar-refractivity contribution in [3.8, 4) is 0 Å². The van der Waals surface area contributed by atoms with E-state index in [0.717, 1.165) is 0 Å². The van der Waals surface area contributed by atoms with Crippen molar-refractivity contribution in [2.45, 2.75) is 13.8 Å². The van der Waals surface area contributed by atoms with Gasteiger partial charge >= 0.3 is 0 Å². The van der Waals surface area contributed by atoms with Crippen molar-refractivity contribution < 1.29 is 4.48 Å². The van der Waals surface area contributed by atoms with Gasteiger partial charge in [-0.05, 0) is 19.9 Å². The lowest BCUT2D eigenvalue weighted by molar-refractivity contribution is -0.975. The Morgan fingerprint density at radius 1 is 1.00 bits per heavy atom. The predicted molar refractivity (Wildman–Crippen MR) is 59.3 cm³/mol. The van der Waals surface area contributed by atoms with Crippen LogP contribution in [0.3, 0.4) is 0 Å². The van der Waals surface area contributed by atoms with Gasteiger partial charge in [0, 0.05) is 0 Å². The number of quaternary nitrogens is 1. The average Bonchev–Trinajstić information content (AvgIpc) is 2.12. The number of nitrogens with zero attached hydrogens (tertiary/aromatic N) is 4. The van der Waals surface area contributed by atoms with Crippen LogP contribution in [0.1, 0.15) is 13.8 Å². The smallest absolute Gasteiger partial charge is 0.139 e. The van der Waals surface area contributed by atoms with E-state index in [4.69, 9.17) is 0 Å². The minimum Gasteiger partial charge on any atom is -0.283 e. The predicted octanol–water partition coefficient (Wildman–Crippen LogP) is 0.461. The number of rotatable bonds is 2. The topological polar surface area (TPSA) is 9.72 Å². The number of hydrogen-bond acceptors (Lipinski definition) is 3. The van der Waals surface area contributed by atoms with Gasteiger partial charge in [-0.1, -0.05) is 5.57 Å². The molecule has 0 aromatic heterocycles. The standard InChI is InChI=1S/C11H21N4/c1-11(2)3-4-15-8-12-5-13(9-15)7-14(6-12)10-15/h3H,4-10H2,1-2H3/q+1. The summed E-state index contributed by atoms with van der Waals surface area (Å²) in [7, 11) is 0. The fraction of sp³-hybridized carbons (Fsp3) is 0.818. The van der Waals surface area contributed by atoms with Crippen molar-refractivity contribution in [1.82, 2.24) is 14.7 Å². The Labute approximate surface area is 91.9 Å². The molecule has 0 unspecified atom stereocenters. The first-order valence-corrected chi connectivity index (χ1v) is 5.81. The summed E-state index contributed by atoms with van der Waals surface area (Å²) in [5, 5.41) is 0. The van der Waals surface area contributed by atoms with Crippen LogP contribution in [0.25, 0.3) is 0 Å². The summed E-state index contributed by atoms with van der Waals surface area (Å²) in [6.45, 7) is 12.9. The molecule has 4 nitrogen and oxygen atoms in total. The highest BCUT2D eigenvalue weighted by molar-refractivity contribution is 4.93. The number of allylic oxidation sites excluding steroid dienone is 1. The first-order valence-electron chi connectivity index (χ1n) is 5.81. The molecule has 4 rings (SSSR count). The van der Waals surface area contributed by atoms with Gasteiger partial charge in [0.15, 0.2) is 0 Å². The van der Waals surface area contributed by atoms with Crippen molar-refractivity contribution in [3.63, 3.8) is 0 Å². The van der Waals surface area contributed by atoms with Crippen LogP contribution in [0.2, 0.25) is 0 Å². The quantitative estimate of drug-likeness (QED) is 0.483. The Morgan fingerprint density at radius 3 is 1.87 bits per heavy atom. The second kappa shape index (κ2) is 3.28. The van der Waals surface area contributed by atoms with Crippen LogP contribution in [0.15, 0.2) is 11.6 Å². The van der Waals surface area contributed by atoms with Gasteiger partial charge in [-0.2, -0.15) is 0 Å². The van der Waals surface area contributed by atoms with Gasteiger partial charge < -0.3 is 0 Å². The molecule has 0 aromatic rings. The minimum atomic E-state index is 1.19. The van der Waals surface area contributed by atoms with E-state index in [2.05, 4.69) is 34.6 Å². The lowest BCUT2D eigenvalue weighted by Gasteiger charge is -2.60. The number of hydrogen-bond donors (Lipinski definition) is 0. The highest BCUT2D eigenvalue weighted by Crippen LogP contribution is 2.28. The van der Waals surface area contributed by atoms with Crippen LogP contribution in [0, 0.1) is 0 Å². The molecule has 0 amide bonds. The maximum absolute atomic E-state index is 2.56. The first kappa shape index (κ1) is 9.78. The molecular weight excluding hydrogens is 188 g/mol.